The highest BCUT2D eigenvalue weighted by atomic mass is 16.3. The molecule has 0 spiro atoms. The van der Waals surface area contributed by atoms with E-state index in [-0.39, 0.29) is 12.5 Å². The predicted molar refractivity (Wildman–Crippen MR) is 79.5 cm³/mol. The molecule has 1 saturated carbocycles. The van der Waals surface area contributed by atoms with Gasteiger partial charge in [-0.25, -0.2) is 0 Å². The van der Waals surface area contributed by atoms with E-state index in [2.05, 4.69) is 10.6 Å². The Labute approximate surface area is 124 Å². The van der Waals surface area contributed by atoms with Crippen molar-refractivity contribution in [3.8, 4) is 0 Å². The van der Waals surface area contributed by atoms with Crippen LogP contribution in [0.3, 0.4) is 0 Å². The molecule has 1 aromatic rings. The molecule has 3 N–H and O–H groups in total. The van der Waals surface area contributed by atoms with Crippen LogP contribution >= 0.6 is 0 Å². The van der Waals surface area contributed by atoms with Gasteiger partial charge in [0.25, 0.3) is 0 Å². The summed E-state index contributed by atoms with van der Waals surface area (Å²) in [7, 11) is 0. The normalized spacial score (nSPS) is 16.9. The molecule has 1 aliphatic rings. The highest BCUT2D eigenvalue weighted by Gasteiger charge is 2.40. The molecule has 1 aromatic carbocycles. The molecule has 0 aromatic heterocycles. The lowest BCUT2D eigenvalue weighted by atomic mass is 10.0. The third-order valence-electron chi connectivity index (χ3n) is 3.81. The summed E-state index contributed by atoms with van der Waals surface area (Å²) < 4.78 is 0. The number of hydrogen-bond donors (Lipinski definition) is 3. The predicted octanol–water partition coefficient (Wildman–Crippen LogP) is 0.623. The van der Waals surface area contributed by atoms with Crippen LogP contribution in [0.2, 0.25) is 0 Å². The molecular weight excluding hydrogens is 268 g/mol. The molecular formula is C16H22N2O3. The molecule has 1 fully saturated rings. The Bertz CT molecular complexity index is 496. The molecule has 0 saturated heterocycles. The number of carbonyl (C=O) groups is 2. The number of amides is 2. The molecule has 114 valence electrons. The number of rotatable bonds is 6. The van der Waals surface area contributed by atoms with E-state index < -0.39 is 17.4 Å². The number of hydrogen-bond acceptors (Lipinski definition) is 3. The van der Waals surface area contributed by atoms with Crippen LogP contribution in [0.5, 0.6) is 0 Å². The largest absolute Gasteiger partial charge is 0.388 e. The van der Waals surface area contributed by atoms with E-state index in [4.69, 9.17) is 0 Å². The Morgan fingerprint density at radius 1 is 1.19 bits per heavy atom. The summed E-state index contributed by atoms with van der Waals surface area (Å²) in [5, 5.41) is 15.1. The highest BCUT2D eigenvalue weighted by molar-refractivity contribution is 6.35. The topological polar surface area (TPSA) is 78.4 Å². The minimum Gasteiger partial charge on any atom is -0.388 e. The van der Waals surface area contributed by atoms with E-state index in [1.54, 1.807) is 6.92 Å². The minimum atomic E-state index is -0.917. The highest BCUT2D eigenvalue weighted by Crippen LogP contribution is 2.38. The van der Waals surface area contributed by atoms with Gasteiger partial charge in [0, 0.05) is 13.1 Å². The third-order valence-corrected chi connectivity index (χ3v) is 3.81. The average molecular weight is 290 g/mol. The van der Waals surface area contributed by atoms with Crippen LogP contribution in [-0.4, -0.2) is 35.6 Å². The molecule has 21 heavy (non-hydrogen) atoms. The Kier molecular flexibility index (Phi) is 4.96. The van der Waals surface area contributed by atoms with E-state index in [1.807, 2.05) is 30.3 Å². The Morgan fingerprint density at radius 3 is 2.43 bits per heavy atom. The van der Waals surface area contributed by atoms with Crippen LogP contribution in [0.15, 0.2) is 30.3 Å². The monoisotopic (exact) mass is 290 g/mol. The SMILES string of the molecule is CC(O)(CNC(=O)C(=O)NCCc1ccccc1)C1CC1. The average Bonchev–Trinajstić information content (AvgIpc) is 3.31. The van der Waals surface area contributed by atoms with Gasteiger partial charge < -0.3 is 15.7 Å². The second-order valence-corrected chi connectivity index (χ2v) is 5.81. The quantitative estimate of drug-likeness (QED) is 0.672. The third kappa shape index (κ3) is 4.86. The Balaban J connectivity index is 1.66. The Hall–Kier alpha value is -1.88. The molecule has 0 aliphatic heterocycles. The molecule has 0 heterocycles. The van der Waals surface area contributed by atoms with Crippen molar-refractivity contribution in [2.24, 2.45) is 5.92 Å². The zero-order valence-electron chi connectivity index (χ0n) is 12.3. The molecule has 5 heteroatoms. The molecule has 1 atom stereocenters. The van der Waals surface area contributed by atoms with Gasteiger partial charge in [0.15, 0.2) is 0 Å². The molecule has 2 amide bonds. The van der Waals surface area contributed by atoms with Crippen LogP contribution in [0.1, 0.15) is 25.3 Å². The lowest BCUT2D eigenvalue weighted by Gasteiger charge is -2.22. The molecule has 1 unspecified atom stereocenters. The lowest BCUT2D eigenvalue weighted by Crippen LogP contribution is -2.47. The van der Waals surface area contributed by atoms with Gasteiger partial charge >= 0.3 is 11.8 Å². The zero-order chi connectivity index (χ0) is 15.3. The summed E-state index contributed by atoms with van der Waals surface area (Å²) in [6, 6.07) is 9.74. The molecule has 0 bridgehead atoms. The van der Waals surface area contributed by atoms with Crippen molar-refractivity contribution in [1.29, 1.82) is 0 Å². The first-order valence-electron chi connectivity index (χ1n) is 7.31. The maximum atomic E-state index is 11.6. The Morgan fingerprint density at radius 2 is 1.81 bits per heavy atom. The van der Waals surface area contributed by atoms with Crippen LogP contribution < -0.4 is 10.6 Å². The molecule has 2 rings (SSSR count). The van der Waals surface area contributed by atoms with Gasteiger partial charge in [0.1, 0.15) is 0 Å². The fourth-order valence-electron chi connectivity index (χ4n) is 2.23. The summed E-state index contributed by atoms with van der Waals surface area (Å²) >= 11 is 0. The summed E-state index contributed by atoms with van der Waals surface area (Å²) in [5.41, 5.74) is 0.190. The zero-order valence-corrected chi connectivity index (χ0v) is 12.3. The molecule has 5 nitrogen and oxygen atoms in total. The van der Waals surface area contributed by atoms with E-state index in [0.717, 1.165) is 18.4 Å². The van der Waals surface area contributed by atoms with Crippen molar-refractivity contribution in [1.82, 2.24) is 10.6 Å². The van der Waals surface area contributed by atoms with Crippen LogP contribution in [0, 0.1) is 5.92 Å². The first kappa shape index (κ1) is 15.5. The van der Waals surface area contributed by atoms with Gasteiger partial charge in [-0.1, -0.05) is 30.3 Å². The molecule has 1 aliphatic carbocycles. The van der Waals surface area contributed by atoms with E-state index in [1.165, 1.54) is 0 Å². The van der Waals surface area contributed by atoms with Crippen LogP contribution in [-0.2, 0) is 16.0 Å². The van der Waals surface area contributed by atoms with Crippen molar-refractivity contribution in [3.05, 3.63) is 35.9 Å². The smallest absolute Gasteiger partial charge is 0.309 e. The fourth-order valence-corrected chi connectivity index (χ4v) is 2.23. The summed E-state index contributed by atoms with van der Waals surface area (Å²) in [5.74, 6) is -1.11. The van der Waals surface area contributed by atoms with E-state index in [9.17, 15) is 14.7 Å². The van der Waals surface area contributed by atoms with Gasteiger partial charge in [-0.2, -0.15) is 0 Å². The number of aliphatic hydroxyl groups is 1. The van der Waals surface area contributed by atoms with Gasteiger partial charge in [-0.15, -0.1) is 0 Å². The van der Waals surface area contributed by atoms with Crippen molar-refractivity contribution in [3.63, 3.8) is 0 Å². The van der Waals surface area contributed by atoms with Gasteiger partial charge in [0.05, 0.1) is 5.60 Å². The summed E-state index contributed by atoms with van der Waals surface area (Å²) in [6.07, 6.45) is 2.64. The van der Waals surface area contributed by atoms with E-state index >= 15 is 0 Å². The fraction of sp³-hybridized carbons (Fsp3) is 0.500. The van der Waals surface area contributed by atoms with Crippen molar-refractivity contribution < 1.29 is 14.7 Å². The van der Waals surface area contributed by atoms with Crippen molar-refractivity contribution in [2.45, 2.75) is 31.8 Å². The first-order valence-corrected chi connectivity index (χ1v) is 7.31. The number of carbonyl (C=O) groups excluding carboxylic acids is 2. The number of benzene rings is 1. The van der Waals surface area contributed by atoms with Crippen LogP contribution in [0.25, 0.3) is 0 Å². The van der Waals surface area contributed by atoms with Gasteiger partial charge in [-0.3, -0.25) is 9.59 Å². The molecule has 0 radical (unpaired) electrons. The summed E-state index contributed by atoms with van der Waals surface area (Å²) in [4.78, 5) is 23.3. The summed E-state index contributed by atoms with van der Waals surface area (Å²) in [6.45, 7) is 2.22. The van der Waals surface area contributed by atoms with E-state index in [0.29, 0.717) is 13.0 Å². The van der Waals surface area contributed by atoms with Crippen molar-refractivity contribution in [2.75, 3.05) is 13.1 Å². The lowest BCUT2D eigenvalue weighted by molar-refractivity contribution is -0.139. The van der Waals surface area contributed by atoms with Gasteiger partial charge in [-0.05, 0) is 37.7 Å². The standard InChI is InChI=1S/C16H22N2O3/c1-16(21,13-7-8-13)11-18-15(20)14(19)17-10-9-12-5-3-2-4-6-12/h2-6,13,21H,7-11H2,1H3,(H,17,19)(H,18,20). The number of nitrogens with one attached hydrogen (secondary N) is 2. The van der Waals surface area contributed by atoms with Crippen LogP contribution in [0.4, 0.5) is 0 Å². The van der Waals surface area contributed by atoms with Crippen molar-refractivity contribution >= 4 is 11.8 Å². The maximum Gasteiger partial charge on any atom is 0.309 e. The second kappa shape index (κ2) is 6.72. The maximum absolute atomic E-state index is 11.6. The van der Waals surface area contributed by atoms with Gasteiger partial charge in [0.2, 0.25) is 0 Å². The first-order chi connectivity index (χ1) is 9.99. The minimum absolute atomic E-state index is 0.114. The second-order valence-electron chi connectivity index (χ2n) is 5.81.